The summed E-state index contributed by atoms with van der Waals surface area (Å²) < 4.78 is 16.0. The lowest BCUT2D eigenvalue weighted by atomic mass is 9.95. The fourth-order valence-electron chi connectivity index (χ4n) is 5.23. The topological polar surface area (TPSA) is 61.6 Å². The van der Waals surface area contributed by atoms with Crippen molar-refractivity contribution in [2.45, 2.75) is 44.9 Å². The summed E-state index contributed by atoms with van der Waals surface area (Å²) in [6.45, 7) is 5.40. The first-order chi connectivity index (χ1) is 16.5. The highest BCUT2D eigenvalue weighted by Gasteiger charge is 2.31. The van der Waals surface area contributed by atoms with Crippen LogP contribution in [0.3, 0.4) is 0 Å². The number of nitrogens with zero attached hydrogens (tertiary/aromatic N) is 4. The van der Waals surface area contributed by atoms with Crippen LogP contribution in [-0.2, 0) is 17.8 Å². The molecule has 0 radical (unpaired) electrons. The molecule has 2 aliphatic rings. The Morgan fingerprint density at radius 3 is 2.76 bits per heavy atom. The van der Waals surface area contributed by atoms with Gasteiger partial charge in [-0.25, -0.2) is 9.37 Å². The molecule has 3 heterocycles. The minimum Gasteiger partial charge on any atom is -0.385 e. The van der Waals surface area contributed by atoms with E-state index in [1.165, 1.54) is 11.6 Å². The predicted molar refractivity (Wildman–Crippen MR) is 128 cm³/mol. The van der Waals surface area contributed by atoms with E-state index in [0.29, 0.717) is 31.9 Å². The number of carbonyl (C=O) groups is 1. The number of aryl methyl sites for hydroxylation is 1. The van der Waals surface area contributed by atoms with Crippen LogP contribution in [-0.4, -0.2) is 56.5 Å². The number of hydrogen-bond acceptors (Lipinski definition) is 4. The van der Waals surface area contributed by atoms with Gasteiger partial charge in [0.15, 0.2) is 0 Å². The normalized spacial score (nSPS) is 21.0. The summed E-state index contributed by atoms with van der Waals surface area (Å²) in [5.41, 5.74) is 4.27. The number of aliphatic hydroxyl groups is 1. The van der Waals surface area contributed by atoms with Gasteiger partial charge < -0.3 is 14.6 Å². The van der Waals surface area contributed by atoms with Gasteiger partial charge in [0.2, 0.25) is 5.91 Å². The van der Waals surface area contributed by atoms with Crippen LogP contribution in [0, 0.1) is 12.7 Å². The van der Waals surface area contributed by atoms with Crippen molar-refractivity contribution >= 4 is 5.91 Å². The molecule has 1 saturated heterocycles. The Hall–Kier alpha value is -3.03. The van der Waals surface area contributed by atoms with Crippen molar-refractivity contribution in [1.82, 2.24) is 19.4 Å². The average molecular weight is 463 g/mol. The molecule has 1 N–H and O–H groups in total. The second-order valence-corrected chi connectivity index (χ2v) is 9.47. The number of imidazole rings is 1. The van der Waals surface area contributed by atoms with Gasteiger partial charge in [0, 0.05) is 44.5 Å². The first-order valence-electron chi connectivity index (χ1n) is 12.0. The molecule has 0 saturated carbocycles. The zero-order valence-corrected chi connectivity index (χ0v) is 19.5. The lowest BCUT2D eigenvalue weighted by Gasteiger charge is -2.35. The standard InChI is InChI=1S/C27H31FN4O2/c1-19-4-2-5-20(14-19)17-31-13-12-30(18-26(31)34)11-10-23-16-29-27-25(33)9-8-24(32(23)27)21-6-3-7-22(28)15-21/h2-7,14-16,24-25,33H,8-13,17-18H2,1H3. The Morgan fingerprint density at radius 1 is 1.12 bits per heavy atom. The monoisotopic (exact) mass is 462 g/mol. The molecule has 34 heavy (non-hydrogen) atoms. The van der Waals surface area contributed by atoms with Crippen LogP contribution < -0.4 is 0 Å². The number of halogens is 1. The van der Waals surface area contributed by atoms with Crippen LogP contribution in [0.1, 0.15) is 53.2 Å². The third-order valence-corrected chi connectivity index (χ3v) is 7.00. The van der Waals surface area contributed by atoms with E-state index in [9.17, 15) is 14.3 Å². The smallest absolute Gasteiger partial charge is 0.237 e. The van der Waals surface area contributed by atoms with Gasteiger partial charge >= 0.3 is 0 Å². The van der Waals surface area contributed by atoms with Crippen molar-refractivity contribution in [3.05, 3.63) is 88.8 Å². The van der Waals surface area contributed by atoms with Crippen molar-refractivity contribution < 1.29 is 14.3 Å². The van der Waals surface area contributed by atoms with Gasteiger partial charge in [-0.05, 0) is 43.0 Å². The summed E-state index contributed by atoms with van der Waals surface area (Å²) in [5.74, 6) is 0.541. The molecule has 2 aromatic carbocycles. The fraction of sp³-hybridized carbons (Fsp3) is 0.407. The van der Waals surface area contributed by atoms with Gasteiger partial charge in [0.05, 0.1) is 12.6 Å². The number of rotatable bonds is 6. The maximum absolute atomic E-state index is 13.9. The highest BCUT2D eigenvalue weighted by molar-refractivity contribution is 5.79. The van der Waals surface area contributed by atoms with E-state index in [2.05, 4.69) is 39.6 Å². The molecule has 2 aliphatic heterocycles. The van der Waals surface area contributed by atoms with Gasteiger partial charge in [0.1, 0.15) is 17.7 Å². The Morgan fingerprint density at radius 2 is 1.97 bits per heavy atom. The fourth-order valence-corrected chi connectivity index (χ4v) is 5.23. The number of benzene rings is 2. The molecule has 5 rings (SSSR count). The first-order valence-corrected chi connectivity index (χ1v) is 12.0. The van der Waals surface area contributed by atoms with Crippen LogP contribution in [0.15, 0.2) is 54.7 Å². The second-order valence-electron chi connectivity index (χ2n) is 9.47. The van der Waals surface area contributed by atoms with Gasteiger partial charge in [0.25, 0.3) is 0 Å². The van der Waals surface area contributed by atoms with Crippen LogP contribution in [0.5, 0.6) is 0 Å². The van der Waals surface area contributed by atoms with Gasteiger partial charge in [-0.3, -0.25) is 9.69 Å². The zero-order valence-electron chi connectivity index (χ0n) is 19.5. The third kappa shape index (κ3) is 4.76. The van der Waals surface area contributed by atoms with Gasteiger partial charge in [-0.1, -0.05) is 42.0 Å². The van der Waals surface area contributed by atoms with Crippen molar-refractivity contribution in [2.24, 2.45) is 0 Å². The molecule has 1 amide bonds. The Labute approximate surface area is 199 Å². The van der Waals surface area contributed by atoms with E-state index >= 15 is 0 Å². The predicted octanol–water partition coefficient (Wildman–Crippen LogP) is 3.63. The molecule has 2 unspecified atom stereocenters. The molecular weight excluding hydrogens is 431 g/mol. The minimum absolute atomic E-state index is 0.0422. The quantitative estimate of drug-likeness (QED) is 0.608. The Balaban J connectivity index is 1.25. The van der Waals surface area contributed by atoms with Gasteiger partial charge in [-0.2, -0.15) is 0 Å². The molecule has 6 nitrogen and oxygen atoms in total. The summed E-state index contributed by atoms with van der Waals surface area (Å²) in [4.78, 5) is 21.4. The average Bonchev–Trinajstić information content (AvgIpc) is 3.25. The second kappa shape index (κ2) is 9.68. The van der Waals surface area contributed by atoms with E-state index in [0.717, 1.165) is 42.8 Å². The Kier molecular flexibility index (Phi) is 6.48. The first kappa shape index (κ1) is 22.7. The molecule has 178 valence electrons. The van der Waals surface area contributed by atoms with Crippen LogP contribution in [0.4, 0.5) is 4.39 Å². The maximum atomic E-state index is 13.9. The zero-order chi connectivity index (χ0) is 23.7. The summed E-state index contributed by atoms with van der Waals surface area (Å²) in [6, 6.07) is 14.9. The Bertz CT molecular complexity index is 1180. The maximum Gasteiger partial charge on any atom is 0.237 e. The molecule has 7 heteroatoms. The number of piperazine rings is 1. The third-order valence-electron chi connectivity index (χ3n) is 7.00. The van der Waals surface area contributed by atoms with E-state index in [4.69, 9.17) is 0 Å². The number of aliphatic hydroxyl groups excluding tert-OH is 1. The van der Waals surface area contributed by atoms with Crippen LogP contribution >= 0.6 is 0 Å². The number of amides is 1. The summed E-state index contributed by atoms with van der Waals surface area (Å²) in [7, 11) is 0. The van der Waals surface area contributed by atoms with E-state index in [1.54, 1.807) is 12.1 Å². The van der Waals surface area contributed by atoms with Crippen molar-refractivity contribution in [3.63, 3.8) is 0 Å². The molecule has 0 aliphatic carbocycles. The summed E-state index contributed by atoms with van der Waals surface area (Å²) in [5, 5.41) is 10.5. The lowest BCUT2D eigenvalue weighted by Crippen LogP contribution is -2.50. The lowest BCUT2D eigenvalue weighted by molar-refractivity contribution is -0.136. The number of aromatic nitrogens is 2. The number of carbonyl (C=O) groups excluding carboxylic acids is 1. The number of hydrogen-bond donors (Lipinski definition) is 1. The van der Waals surface area contributed by atoms with E-state index in [-0.39, 0.29) is 17.8 Å². The molecule has 3 aromatic rings. The molecular formula is C27H31FN4O2. The summed E-state index contributed by atoms with van der Waals surface area (Å²) in [6.07, 6.45) is 3.28. The highest BCUT2D eigenvalue weighted by Crippen LogP contribution is 2.37. The minimum atomic E-state index is -0.606. The molecule has 0 bridgehead atoms. The molecule has 0 spiro atoms. The van der Waals surface area contributed by atoms with Crippen molar-refractivity contribution in [3.8, 4) is 0 Å². The van der Waals surface area contributed by atoms with Crippen LogP contribution in [0.25, 0.3) is 0 Å². The van der Waals surface area contributed by atoms with Crippen LogP contribution in [0.2, 0.25) is 0 Å². The molecule has 1 aromatic heterocycles. The van der Waals surface area contributed by atoms with Crippen molar-refractivity contribution in [1.29, 1.82) is 0 Å². The van der Waals surface area contributed by atoms with E-state index < -0.39 is 6.10 Å². The largest absolute Gasteiger partial charge is 0.385 e. The van der Waals surface area contributed by atoms with E-state index in [1.807, 2.05) is 23.2 Å². The SMILES string of the molecule is Cc1cccc(CN2CCN(CCc3cnc4n3C(c3cccc(F)c3)CCC4O)CC2=O)c1. The highest BCUT2D eigenvalue weighted by atomic mass is 19.1. The van der Waals surface area contributed by atoms with Crippen molar-refractivity contribution in [2.75, 3.05) is 26.2 Å². The molecule has 2 atom stereocenters. The number of fused-ring (bicyclic) bond motifs is 1. The van der Waals surface area contributed by atoms with Gasteiger partial charge in [-0.15, -0.1) is 0 Å². The summed E-state index contributed by atoms with van der Waals surface area (Å²) >= 11 is 0. The molecule has 1 fully saturated rings.